The molecular formula is C21H21ClN2O6. The monoisotopic (exact) mass is 432 g/mol. The first-order chi connectivity index (χ1) is 14.1. The smallest absolute Gasteiger partial charge is 0.410 e. The number of nitrogens with zero attached hydrogens (tertiary/aromatic N) is 1. The molecule has 2 N–H and O–H groups in total. The molecule has 1 heterocycles. The van der Waals surface area contributed by atoms with E-state index in [1.54, 1.807) is 44.2 Å². The van der Waals surface area contributed by atoms with Crippen molar-refractivity contribution in [2.75, 3.05) is 19.0 Å². The fourth-order valence-electron chi connectivity index (χ4n) is 3.28. The zero-order valence-corrected chi connectivity index (χ0v) is 17.4. The zero-order chi connectivity index (χ0) is 22.1. The molecule has 0 aliphatic carbocycles. The van der Waals surface area contributed by atoms with Crippen molar-refractivity contribution >= 4 is 35.1 Å². The number of methoxy groups -OCH3 is 1. The fourth-order valence-corrected chi connectivity index (χ4v) is 3.40. The fraction of sp³-hybridized carbons (Fsp3) is 0.286. The average Bonchev–Trinajstić information content (AvgIpc) is 3.03. The van der Waals surface area contributed by atoms with Gasteiger partial charge in [-0.15, -0.1) is 0 Å². The first-order valence-corrected chi connectivity index (χ1v) is 9.47. The van der Waals surface area contributed by atoms with Crippen LogP contribution in [0.25, 0.3) is 0 Å². The Morgan fingerprint density at radius 2 is 1.87 bits per heavy atom. The van der Waals surface area contributed by atoms with E-state index in [0.717, 1.165) is 4.90 Å². The van der Waals surface area contributed by atoms with Crippen LogP contribution in [0, 0.1) is 0 Å². The van der Waals surface area contributed by atoms with Gasteiger partial charge in [0.1, 0.15) is 17.5 Å². The molecule has 1 aliphatic heterocycles. The van der Waals surface area contributed by atoms with Crippen molar-refractivity contribution in [1.29, 1.82) is 0 Å². The highest BCUT2D eigenvalue weighted by atomic mass is 35.5. The molecule has 2 amide bonds. The average molecular weight is 433 g/mol. The van der Waals surface area contributed by atoms with Crippen molar-refractivity contribution < 1.29 is 29.0 Å². The normalized spacial score (nSPS) is 17.5. The van der Waals surface area contributed by atoms with Gasteiger partial charge in [0.05, 0.1) is 19.4 Å². The lowest BCUT2D eigenvalue weighted by atomic mass is 10.0. The van der Waals surface area contributed by atoms with Crippen LogP contribution in [-0.4, -0.2) is 53.3 Å². The summed E-state index contributed by atoms with van der Waals surface area (Å²) in [5.41, 5.74) is -0.336. The van der Waals surface area contributed by atoms with Crippen LogP contribution in [0.4, 0.5) is 10.5 Å². The number of anilines is 1. The molecule has 158 valence electrons. The van der Waals surface area contributed by atoms with E-state index in [4.69, 9.17) is 21.1 Å². The van der Waals surface area contributed by atoms with Gasteiger partial charge in [0.25, 0.3) is 0 Å². The van der Waals surface area contributed by atoms with E-state index < -0.39 is 23.8 Å². The minimum Gasteiger partial charge on any atom is -0.497 e. The molecule has 0 saturated carbocycles. The summed E-state index contributed by atoms with van der Waals surface area (Å²) in [5.74, 6) is -0.514. The molecule has 0 bridgehead atoms. The van der Waals surface area contributed by atoms with Gasteiger partial charge in [0.2, 0.25) is 5.91 Å². The Hall–Kier alpha value is -3.10. The van der Waals surface area contributed by atoms with Crippen molar-refractivity contribution in [3.63, 3.8) is 0 Å². The molecule has 9 heteroatoms. The molecule has 1 unspecified atom stereocenters. The van der Waals surface area contributed by atoms with Crippen LogP contribution < -0.4 is 10.1 Å². The standard InChI is InChI=1S/C21H21ClN2O6/c1-21(2)24(20(27)28)17(11-30-21)19(26)23-16-9-8-14(29-3)10-15(16)18(25)12-4-6-13(22)7-5-12/h4-10,17H,11H2,1-3H3,(H,23,26)(H,27,28). The lowest BCUT2D eigenvalue weighted by Crippen LogP contribution is -2.51. The van der Waals surface area contributed by atoms with Gasteiger partial charge in [-0.2, -0.15) is 0 Å². The van der Waals surface area contributed by atoms with Gasteiger partial charge < -0.3 is 19.9 Å². The highest BCUT2D eigenvalue weighted by Crippen LogP contribution is 2.30. The number of benzene rings is 2. The molecule has 0 radical (unpaired) electrons. The SMILES string of the molecule is COc1ccc(NC(=O)C2COC(C)(C)N2C(=O)O)c(C(=O)c2ccc(Cl)cc2)c1. The number of ketones is 1. The second-order valence-electron chi connectivity index (χ2n) is 7.16. The Kier molecular flexibility index (Phi) is 6.00. The number of carboxylic acid groups (broad SMARTS) is 1. The van der Waals surface area contributed by atoms with Gasteiger partial charge in [-0.05, 0) is 56.3 Å². The quantitative estimate of drug-likeness (QED) is 0.699. The summed E-state index contributed by atoms with van der Waals surface area (Å²) in [6, 6.07) is 9.93. The Labute approximate surface area is 178 Å². The number of hydrogen-bond donors (Lipinski definition) is 2. The van der Waals surface area contributed by atoms with Crippen molar-refractivity contribution in [3.05, 3.63) is 58.6 Å². The number of nitrogens with one attached hydrogen (secondary N) is 1. The van der Waals surface area contributed by atoms with Gasteiger partial charge in [-0.3, -0.25) is 14.5 Å². The number of carbonyl (C=O) groups is 3. The van der Waals surface area contributed by atoms with Crippen LogP contribution in [0.2, 0.25) is 5.02 Å². The van der Waals surface area contributed by atoms with Gasteiger partial charge in [0.15, 0.2) is 5.78 Å². The maximum Gasteiger partial charge on any atom is 0.410 e. The van der Waals surface area contributed by atoms with Gasteiger partial charge >= 0.3 is 6.09 Å². The van der Waals surface area contributed by atoms with E-state index in [1.807, 2.05) is 0 Å². The number of halogens is 1. The lowest BCUT2D eigenvalue weighted by molar-refractivity contribution is -0.120. The predicted molar refractivity (Wildman–Crippen MR) is 110 cm³/mol. The third kappa shape index (κ3) is 4.24. The van der Waals surface area contributed by atoms with E-state index >= 15 is 0 Å². The van der Waals surface area contributed by atoms with Crippen LogP contribution >= 0.6 is 11.6 Å². The Morgan fingerprint density at radius 3 is 2.47 bits per heavy atom. The van der Waals surface area contributed by atoms with E-state index in [1.165, 1.54) is 19.2 Å². The molecule has 1 saturated heterocycles. The molecular weight excluding hydrogens is 412 g/mol. The minimum absolute atomic E-state index is 0.0955. The molecule has 2 aromatic carbocycles. The second kappa shape index (κ2) is 8.33. The molecule has 8 nitrogen and oxygen atoms in total. The molecule has 0 spiro atoms. The second-order valence-corrected chi connectivity index (χ2v) is 7.60. The van der Waals surface area contributed by atoms with Crippen molar-refractivity contribution in [2.24, 2.45) is 0 Å². The highest BCUT2D eigenvalue weighted by molar-refractivity contribution is 6.30. The van der Waals surface area contributed by atoms with E-state index in [9.17, 15) is 19.5 Å². The van der Waals surface area contributed by atoms with Crippen molar-refractivity contribution in [1.82, 2.24) is 4.90 Å². The number of amides is 2. The van der Waals surface area contributed by atoms with E-state index in [-0.39, 0.29) is 23.6 Å². The zero-order valence-electron chi connectivity index (χ0n) is 16.6. The summed E-state index contributed by atoms with van der Waals surface area (Å²) in [7, 11) is 1.47. The van der Waals surface area contributed by atoms with Crippen molar-refractivity contribution in [2.45, 2.75) is 25.6 Å². The van der Waals surface area contributed by atoms with Gasteiger partial charge in [-0.1, -0.05) is 11.6 Å². The molecule has 30 heavy (non-hydrogen) atoms. The summed E-state index contributed by atoms with van der Waals surface area (Å²) in [5, 5.41) is 12.7. The largest absolute Gasteiger partial charge is 0.497 e. The van der Waals surface area contributed by atoms with E-state index in [0.29, 0.717) is 16.3 Å². The summed E-state index contributed by atoms with van der Waals surface area (Å²) in [6.07, 6.45) is -1.27. The third-order valence-corrected chi connectivity index (χ3v) is 5.08. The molecule has 3 rings (SSSR count). The van der Waals surface area contributed by atoms with Crippen LogP contribution in [-0.2, 0) is 9.53 Å². The van der Waals surface area contributed by atoms with Crippen LogP contribution in [0.5, 0.6) is 5.75 Å². The lowest BCUT2D eigenvalue weighted by Gasteiger charge is -2.30. The summed E-state index contributed by atoms with van der Waals surface area (Å²) < 4.78 is 10.7. The van der Waals surface area contributed by atoms with Gasteiger partial charge in [0, 0.05) is 16.1 Å². The summed E-state index contributed by atoms with van der Waals surface area (Å²) in [6.45, 7) is 3.04. The van der Waals surface area contributed by atoms with Crippen LogP contribution in [0.15, 0.2) is 42.5 Å². The van der Waals surface area contributed by atoms with E-state index in [2.05, 4.69) is 5.32 Å². The number of carbonyl (C=O) groups excluding carboxylic acids is 2. The number of rotatable bonds is 5. The first kappa shape index (κ1) is 21.6. The molecule has 1 aliphatic rings. The van der Waals surface area contributed by atoms with Crippen LogP contribution in [0.3, 0.4) is 0 Å². The first-order valence-electron chi connectivity index (χ1n) is 9.09. The minimum atomic E-state index is -1.27. The number of hydrogen-bond acceptors (Lipinski definition) is 5. The van der Waals surface area contributed by atoms with Crippen molar-refractivity contribution in [3.8, 4) is 5.75 Å². The van der Waals surface area contributed by atoms with Gasteiger partial charge in [-0.25, -0.2) is 4.79 Å². The maximum atomic E-state index is 13.0. The van der Waals surface area contributed by atoms with Crippen LogP contribution in [0.1, 0.15) is 29.8 Å². The maximum absolute atomic E-state index is 13.0. The summed E-state index contributed by atoms with van der Waals surface area (Å²) >= 11 is 5.89. The summed E-state index contributed by atoms with van der Waals surface area (Å²) in [4.78, 5) is 38.5. The Bertz CT molecular complexity index is 989. The molecule has 1 fully saturated rings. The highest BCUT2D eigenvalue weighted by Gasteiger charge is 2.47. The predicted octanol–water partition coefficient (Wildman–Crippen LogP) is 3.63. The number of ether oxygens (including phenoxy) is 2. The molecule has 1 atom stereocenters. The molecule has 0 aromatic heterocycles. The topological polar surface area (TPSA) is 105 Å². The molecule has 2 aromatic rings. The third-order valence-electron chi connectivity index (χ3n) is 4.83. The Balaban J connectivity index is 1.92. The Morgan fingerprint density at radius 1 is 1.20 bits per heavy atom.